The number of rotatable bonds is 6. The minimum absolute atomic E-state index is 0.00419. The van der Waals surface area contributed by atoms with Crippen LogP contribution in [-0.4, -0.2) is 37.0 Å². The maximum absolute atomic E-state index is 12.2. The molecule has 1 aromatic carbocycles. The Morgan fingerprint density at radius 2 is 1.89 bits per heavy atom. The number of ether oxygens (including phenoxy) is 1. The van der Waals surface area contributed by atoms with Crippen LogP contribution < -0.4 is 0 Å². The molecule has 0 aromatic heterocycles. The minimum Gasteiger partial charge on any atom is -0.468 e. The van der Waals surface area contributed by atoms with Crippen LogP contribution in [0.1, 0.15) is 30.1 Å². The number of amides is 1. The van der Waals surface area contributed by atoms with Gasteiger partial charge in [0.05, 0.1) is 7.11 Å². The largest absolute Gasteiger partial charge is 0.468 e. The molecule has 18 heavy (non-hydrogen) atoms. The van der Waals surface area contributed by atoms with Crippen LogP contribution in [0.2, 0.25) is 0 Å². The molecule has 0 aliphatic carbocycles. The average molecular weight is 249 g/mol. The standard InChI is InChI=1S/C14H19NO3/c1-3-4-10-15(11-13(16)18-2)14(17)12-8-6-5-7-9-12/h5-9H,3-4,10-11H2,1-2H3. The molecule has 0 radical (unpaired) electrons. The first-order valence-corrected chi connectivity index (χ1v) is 6.10. The highest BCUT2D eigenvalue weighted by atomic mass is 16.5. The van der Waals surface area contributed by atoms with E-state index in [1.165, 1.54) is 12.0 Å². The highest BCUT2D eigenvalue weighted by Crippen LogP contribution is 2.06. The zero-order valence-electron chi connectivity index (χ0n) is 10.9. The van der Waals surface area contributed by atoms with Gasteiger partial charge in [-0.1, -0.05) is 31.5 Å². The SMILES string of the molecule is CCCCN(CC(=O)OC)C(=O)c1ccccc1. The Morgan fingerprint density at radius 1 is 1.22 bits per heavy atom. The molecule has 0 N–H and O–H groups in total. The summed E-state index contributed by atoms with van der Waals surface area (Å²) >= 11 is 0. The Bertz CT molecular complexity index is 389. The normalized spacial score (nSPS) is 9.89. The lowest BCUT2D eigenvalue weighted by molar-refractivity contribution is -0.141. The van der Waals surface area contributed by atoms with E-state index in [2.05, 4.69) is 4.74 Å². The number of methoxy groups -OCH3 is 1. The maximum Gasteiger partial charge on any atom is 0.325 e. The zero-order chi connectivity index (χ0) is 13.4. The second-order valence-electron chi connectivity index (χ2n) is 4.02. The summed E-state index contributed by atoms with van der Waals surface area (Å²) in [7, 11) is 1.33. The molecule has 0 spiro atoms. The molecule has 0 heterocycles. The van der Waals surface area contributed by atoms with Crippen LogP contribution in [0.5, 0.6) is 0 Å². The van der Waals surface area contributed by atoms with E-state index in [1.807, 2.05) is 25.1 Å². The number of nitrogens with zero attached hydrogens (tertiary/aromatic N) is 1. The van der Waals surface area contributed by atoms with Gasteiger partial charge in [0.25, 0.3) is 5.91 Å². The molecule has 98 valence electrons. The number of esters is 1. The Hall–Kier alpha value is -1.84. The van der Waals surface area contributed by atoms with Crippen molar-refractivity contribution in [1.29, 1.82) is 0 Å². The summed E-state index contributed by atoms with van der Waals surface area (Å²) in [5.74, 6) is -0.523. The molecule has 0 bridgehead atoms. The van der Waals surface area contributed by atoms with E-state index in [9.17, 15) is 9.59 Å². The van der Waals surface area contributed by atoms with Gasteiger partial charge in [-0.05, 0) is 18.6 Å². The molecule has 1 aromatic rings. The van der Waals surface area contributed by atoms with Crippen molar-refractivity contribution in [2.24, 2.45) is 0 Å². The number of hydrogen-bond acceptors (Lipinski definition) is 3. The molecule has 0 saturated carbocycles. The molecule has 0 fully saturated rings. The first-order chi connectivity index (χ1) is 8.69. The van der Waals surface area contributed by atoms with E-state index in [-0.39, 0.29) is 12.5 Å². The number of benzene rings is 1. The predicted octanol–water partition coefficient (Wildman–Crippen LogP) is 2.10. The fourth-order valence-electron chi connectivity index (χ4n) is 1.59. The van der Waals surface area contributed by atoms with Crippen LogP contribution in [-0.2, 0) is 9.53 Å². The van der Waals surface area contributed by atoms with Gasteiger partial charge in [0.2, 0.25) is 0 Å². The van der Waals surface area contributed by atoms with Crippen molar-refractivity contribution in [3.05, 3.63) is 35.9 Å². The summed E-state index contributed by atoms with van der Waals surface area (Å²) in [6.07, 6.45) is 1.84. The fraction of sp³-hybridized carbons (Fsp3) is 0.429. The summed E-state index contributed by atoms with van der Waals surface area (Å²) in [5.41, 5.74) is 0.595. The molecule has 1 amide bonds. The molecule has 4 heteroatoms. The lowest BCUT2D eigenvalue weighted by Gasteiger charge is -2.21. The summed E-state index contributed by atoms with van der Waals surface area (Å²) in [6.45, 7) is 2.62. The Morgan fingerprint density at radius 3 is 2.44 bits per heavy atom. The zero-order valence-corrected chi connectivity index (χ0v) is 10.9. The Kier molecular flexibility index (Phi) is 5.91. The van der Waals surface area contributed by atoms with E-state index >= 15 is 0 Å². The van der Waals surface area contributed by atoms with Gasteiger partial charge in [-0.25, -0.2) is 0 Å². The minimum atomic E-state index is -0.393. The molecule has 4 nitrogen and oxygen atoms in total. The van der Waals surface area contributed by atoms with Crippen molar-refractivity contribution in [3.63, 3.8) is 0 Å². The van der Waals surface area contributed by atoms with Crippen molar-refractivity contribution in [1.82, 2.24) is 4.90 Å². The highest BCUT2D eigenvalue weighted by molar-refractivity contribution is 5.95. The second-order valence-corrected chi connectivity index (χ2v) is 4.02. The van der Waals surface area contributed by atoms with E-state index in [4.69, 9.17) is 0 Å². The molecule has 0 aliphatic rings. The summed E-state index contributed by atoms with van der Waals surface area (Å²) in [4.78, 5) is 25.1. The van der Waals surface area contributed by atoms with Gasteiger partial charge in [-0.2, -0.15) is 0 Å². The van der Waals surface area contributed by atoms with E-state index in [0.29, 0.717) is 12.1 Å². The Balaban J connectivity index is 2.75. The summed E-state index contributed by atoms with van der Waals surface area (Å²) in [5, 5.41) is 0. The van der Waals surface area contributed by atoms with Crippen molar-refractivity contribution in [2.45, 2.75) is 19.8 Å². The van der Waals surface area contributed by atoms with Gasteiger partial charge >= 0.3 is 5.97 Å². The molecule has 0 atom stereocenters. The van der Waals surface area contributed by atoms with Gasteiger partial charge in [0.15, 0.2) is 0 Å². The van der Waals surface area contributed by atoms with Crippen molar-refractivity contribution in [3.8, 4) is 0 Å². The second kappa shape index (κ2) is 7.48. The van der Waals surface area contributed by atoms with Crippen LogP contribution in [0.4, 0.5) is 0 Å². The van der Waals surface area contributed by atoms with Crippen molar-refractivity contribution >= 4 is 11.9 Å². The van der Waals surface area contributed by atoms with E-state index in [1.54, 1.807) is 12.1 Å². The third-order valence-corrected chi connectivity index (χ3v) is 2.64. The maximum atomic E-state index is 12.2. The molecule has 0 unspecified atom stereocenters. The number of hydrogen-bond donors (Lipinski definition) is 0. The van der Waals surface area contributed by atoms with E-state index in [0.717, 1.165) is 12.8 Å². The molecule has 0 aliphatic heterocycles. The third-order valence-electron chi connectivity index (χ3n) is 2.64. The number of carbonyl (C=O) groups excluding carboxylic acids is 2. The molecular weight excluding hydrogens is 230 g/mol. The van der Waals surface area contributed by atoms with Crippen LogP contribution >= 0.6 is 0 Å². The predicted molar refractivity (Wildman–Crippen MR) is 69.3 cm³/mol. The lowest BCUT2D eigenvalue weighted by atomic mass is 10.2. The summed E-state index contributed by atoms with van der Waals surface area (Å²) < 4.78 is 4.61. The van der Waals surface area contributed by atoms with Gasteiger partial charge in [-0.15, -0.1) is 0 Å². The van der Waals surface area contributed by atoms with Gasteiger partial charge in [0, 0.05) is 12.1 Å². The van der Waals surface area contributed by atoms with Crippen molar-refractivity contribution in [2.75, 3.05) is 20.2 Å². The molecule has 1 rings (SSSR count). The monoisotopic (exact) mass is 249 g/mol. The fourth-order valence-corrected chi connectivity index (χ4v) is 1.59. The van der Waals surface area contributed by atoms with Crippen LogP contribution in [0.25, 0.3) is 0 Å². The lowest BCUT2D eigenvalue weighted by Crippen LogP contribution is -2.36. The Labute approximate surface area is 108 Å². The van der Waals surface area contributed by atoms with Crippen LogP contribution in [0, 0.1) is 0 Å². The summed E-state index contributed by atoms with van der Waals surface area (Å²) in [6, 6.07) is 8.97. The van der Waals surface area contributed by atoms with Crippen LogP contribution in [0.15, 0.2) is 30.3 Å². The van der Waals surface area contributed by atoms with Crippen LogP contribution in [0.3, 0.4) is 0 Å². The van der Waals surface area contributed by atoms with Gasteiger partial charge in [0.1, 0.15) is 6.54 Å². The highest BCUT2D eigenvalue weighted by Gasteiger charge is 2.18. The van der Waals surface area contributed by atoms with Crippen molar-refractivity contribution < 1.29 is 14.3 Å². The third kappa shape index (κ3) is 4.20. The quantitative estimate of drug-likeness (QED) is 0.725. The number of carbonyl (C=O) groups is 2. The molecule has 0 saturated heterocycles. The van der Waals surface area contributed by atoms with E-state index < -0.39 is 5.97 Å². The number of unbranched alkanes of at least 4 members (excludes halogenated alkanes) is 1. The van der Waals surface area contributed by atoms with Gasteiger partial charge in [-0.3, -0.25) is 9.59 Å². The average Bonchev–Trinajstić information content (AvgIpc) is 2.43. The topological polar surface area (TPSA) is 46.6 Å². The smallest absolute Gasteiger partial charge is 0.325 e. The first-order valence-electron chi connectivity index (χ1n) is 6.10. The molecular formula is C14H19NO3. The van der Waals surface area contributed by atoms with Gasteiger partial charge < -0.3 is 9.64 Å². The first kappa shape index (κ1) is 14.2.